The monoisotopic (exact) mass is 467 g/mol. The van der Waals surface area contributed by atoms with Gasteiger partial charge in [0, 0.05) is 41.5 Å². The Kier molecular flexibility index (Phi) is 7.65. The summed E-state index contributed by atoms with van der Waals surface area (Å²) in [7, 11) is 0. The third kappa shape index (κ3) is 6.88. The molecule has 2 aromatic heterocycles. The molecule has 0 aliphatic carbocycles. The maximum atomic E-state index is 12.5. The van der Waals surface area contributed by atoms with E-state index in [0.717, 1.165) is 22.4 Å². The second kappa shape index (κ2) is 11.4. The van der Waals surface area contributed by atoms with Gasteiger partial charge in [0.15, 0.2) is 0 Å². The molecule has 2 amide bonds. The lowest BCUT2D eigenvalue weighted by Crippen LogP contribution is -2.14. The van der Waals surface area contributed by atoms with E-state index in [1.165, 1.54) is 6.08 Å². The van der Waals surface area contributed by atoms with Crippen LogP contribution in [0, 0.1) is 0 Å². The Balaban J connectivity index is 1.45. The van der Waals surface area contributed by atoms with Gasteiger partial charge in [0.1, 0.15) is 11.4 Å². The van der Waals surface area contributed by atoms with Crippen molar-refractivity contribution in [2.45, 2.75) is 13.0 Å². The van der Waals surface area contributed by atoms with E-state index in [9.17, 15) is 9.59 Å². The quantitative estimate of drug-likeness (QED) is 0.344. The summed E-state index contributed by atoms with van der Waals surface area (Å²) >= 11 is 0. The van der Waals surface area contributed by atoms with Crippen LogP contribution < -0.4 is 15.8 Å². The highest BCUT2D eigenvalue weighted by Gasteiger charge is 2.10. The SMILES string of the molecule is NC(=O)CCOc1ccc(NC(=O)C=Cc2cn(Cc3ccccc3)nc2-c2cccnc2)cc1. The van der Waals surface area contributed by atoms with E-state index in [0.29, 0.717) is 18.0 Å². The molecule has 4 aromatic rings. The molecule has 0 saturated heterocycles. The molecule has 3 N–H and O–H groups in total. The third-order valence-electron chi connectivity index (χ3n) is 5.07. The lowest BCUT2D eigenvalue weighted by atomic mass is 10.1. The van der Waals surface area contributed by atoms with Crippen molar-refractivity contribution in [2.75, 3.05) is 11.9 Å². The Morgan fingerprint density at radius 2 is 1.83 bits per heavy atom. The molecule has 0 unspecified atom stereocenters. The van der Waals surface area contributed by atoms with E-state index in [1.54, 1.807) is 42.7 Å². The van der Waals surface area contributed by atoms with Crippen molar-refractivity contribution in [1.29, 1.82) is 0 Å². The summed E-state index contributed by atoms with van der Waals surface area (Å²) in [5.41, 5.74) is 9.27. The first-order valence-corrected chi connectivity index (χ1v) is 11.1. The highest BCUT2D eigenvalue weighted by Crippen LogP contribution is 2.23. The van der Waals surface area contributed by atoms with E-state index in [4.69, 9.17) is 15.6 Å². The number of hydrogen-bond acceptors (Lipinski definition) is 5. The van der Waals surface area contributed by atoms with Crippen LogP contribution in [-0.4, -0.2) is 33.2 Å². The Labute approximate surface area is 203 Å². The molecule has 0 radical (unpaired) electrons. The average Bonchev–Trinajstić information content (AvgIpc) is 3.27. The zero-order valence-electron chi connectivity index (χ0n) is 19.0. The van der Waals surface area contributed by atoms with Crippen molar-refractivity contribution in [3.8, 4) is 17.0 Å². The van der Waals surface area contributed by atoms with Gasteiger partial charge in [-0.1, -0.05) is 30.3 Å². The van der Waals surface area contributed by atoms with Crippen molar-refractivity contribution in [2.24, 2.45) is 5.73 Å². The largest absolute Gasteiger partial charge is 0.493 e. The molecule has 176 valence electrons. The number of anilines is 1. The van der Waals surface area contributed by atoms with Gasteiger partial charge >= 0.3 is 0 Å². The highest BCUT2D eigenvalue weighted by atomic mass is 16.5. The molecule has 35 heavy (non-hydrogen) atoms. The van der Waals surface area contributed by atoms with Crippen LogP contribution in [-0.2, 0) is 16.1 Å². The molecule has 0 bridgehead atoms. The highest BCUT2D eigenvalue weighted by molar-refractivity contribution is 6.02. The van der Waals surface area contributed by atoms with Crippen LogP contribution >= 0.6 is 0 Å². The van der Waals surface area contributed by atoms with Crippen molar-refractivity contribution >= 4 is 23.6 Å². The summed E-state index contributed by atoms with van der Waals surface area (Å²) in [5, 5.41) is 7.56. The van der Waals surface area contributed by atoms with Gasteiger partial charge in [-0.2, -0.15) is 5.10 Å². The first-order valence-electron chi connectivity index (χ1n) is 11.1. The molecular formula is C27H25N5O3. The maximum Gasteiger partial charge on any atom is 0.248 e. The molecule has 2 heterocycles. The number of hydrogen-bond donors (Lipinski definition) is 2. The zero-order valence-corrected chi connectivity index (χ0v) is 19.0. The fraction of sp³-hybridized carbons (Fsp3) is 0.111. The molecule has 0 fully saturated rings. The molecule has 8 heteroatoms. The molecule has 0 aliphatic rings. The smallest absolute Gasteiger partial charge is 0.248 e. The van der Waals surface area contributed by atoms with Crippen LogP contribution in [0.1, 0.15) is 17.5 Å². The minimum atomic E-state index is -0.419. The van der Waals surface area contributed by atoms with Crippen LogP contribution in [0.25, 0.3) is 17.3 Å². The number of benzene rings is 2. The number of pyridine rings is 1. The van der Waals surface area contributed by atoms with Gasteiger partial charge in [-0.15, -0.1) is 0 Å². The minimum absolute atomic E-state index is 0.145. The third-order valence-corrected chi connectivity index (χ3v) is 5.07. The van der Waals surface area contributed by atoms with Crippen molar-refractivity contribution in [3.63, 3.8) is 0 Å². The number of nitrogens with two attached hydrogens (primary N) is 1. The van der Waals surface area contributed by atoms with Crippen molar-refractivity contribution in [1.82, 2.24) is 14.8 Å². The standard InChI is InChI=1S/C27H25N5O3/c28-25(33)14-16-35-24-11-9-23(10-12-24)30-26(34)13-8-22-19-32(18-20-5-2-1-3-6-20)31-27(22)21-7-4-15-29-17-21/h1-13,15,17,19H,14,16,18H2,(H2,28,33)(H,30,34). The molecule has 0 spiro atoms. The Hall–Kier alpha value is -4.72. The zero-order chi connectivity index (χ0) is 24.5. The molecular weight excluding hydrogens is 442 g/mol. The maximum absolute atomic E-state index is 12.5. The fourth-order valence-electron chi connectivity index (χ4n) is 3.39. The Bertz CT molecular complexity index is 1300. The number of rotatable bonds is 10. The van der Waals surface area contributed by atoms with Gasteiger partial charge in [-0.05, 0) is 48.0 Å². The van der Waals surface area contributed by atoms with Gasteiger partial charge in [0.05, 0.1) is 19.6 Å². The number of nitrogens with one attached hydrogen (secondary N) is 1. The molecule has 0 atom stereocenters. The van der Waals surface area contributed by atoms with Crippen molar-refractivity contribution in [3.05, 3.63) is 103 Å². The average molecular weight is 468 g/mol. The first-order chi connectivity index (χ1) is 17.1. The van der Waals surface area contributed by atoms with E-state index in [-0.39, 0.29) is 18.9 Å². The van der Waals surface area contributed by atoms with E-state index in [2.05, 4.69) is 10.3 Å². The number of carbonyl (C=O) groups is 2. The number of primary amides is 1. The molecule has 0 aliphatic heterocycles. The van der Waals surface area contributed by atoms with Gasteiger partial charge in [0.25, 0.3) is 0 Å². The summed E-state index contributed by atoms with van der Waals surface area (Å²) in [6.07, 6.45) is 8.74. The van der Waals surface area contributed by atoms with Gasteiger partial charge in [0.2, 0.25) is 11.8 Å². The number of aromatic nitrogens is 3. The van der Waals surface area contributed by atoms with Crippen molar-refractivity contribution < 1.29 is 14.3 Å². The predicted molar refractivity (Wildman–Crippen MR) is 134 cm³/mol. The predicted octanol–water partition coefficient (Wildman–Crippen LogP) is 3.90. The van der Waals surface area contributed by atoms with Crippen LogP contribution in [0.4, 0.5) is 5.69 Å². The molecule has 0 saturated carbocycles. The van der Waals surface area contributed by atoms with E-state index < -0.39 is 5.91 Å². The van der Waals surface area contributed by atoms with Crippen LogP contribution in [0.3, 0.4) is 0 Å². The summed E-state index contributed by atoms with van der Waals surface area (Å²) < 4.78 is 7.29. The first kappa shape index (κ1) is 23.4. The summed E-state index contributed by atoms with van der Waals surface area (Å²) in [5.74, 6) is -0.106. The lowest BCUT2D eigenvalue weighted by molar-refractivity contribution is -0.118. The topological polar surface area (TPSA) is 112 Å². The van der Waals surface area contributed by atoms with Gasteiger partial charge < -0.3 is 15.8 Å². The Morgan fingerprint density at radius 3 is 2.54 bits per heavy atom. The number of ether oxygens (including phenoxy) is 1. The summed E-state index contributed by atoms with van der Waals surface area (Å²) in [4.78, 5) is 27.5. The van der Waals surface area contributed by atoms with Crippen LogP contribution in [0.2, 0.25) is 0 Å². The second-order valence-corrected chi connectivity index (χ2v) is 7.77. The van der Waals surface area contributed by atoms with E-state index >= 15 is 0 Å². The Morgan fingerprint density at radius 1 is 1.03 bits per heavy atom. The fourth-order valence-corrected chi connectivity index (χ4v) is 3.39. The summed E-state index contributed by atoms with van der Waals surface area (Å²) in [6, 6.07) is 20.7. The number of nitrogens with zero attached hydrogens (tertiary/aromatic N) is 3. The molecule has 4 rings (SSSR count). The minimum Gasteiger partial charge on any atom is -0.493 e. The molecule has 8 nitrogen and oxygen atoms in total. The lowest BCUT2D eigenvalue weighted by Gasteiger charge is -2.06. The number of amides is 2. The van der Waals surface area contributed by atoms with Gasteiger partial charge in [-0.3, -0.25) is 19.3 Å². The van der Waals surface area contributed by atoms with Crippen LogP contribution in [0.15, 0.2) is 91.4 Å². The molecule has 2 aromatic carbocycles. The van der Waals surface area contributed by atoms with Crippen LogP contribution in [0.5, 0.6) is 5.75 Å². The number of carbonyl (C=O) groups excluding carboxylic acids is 2. The normalized spacial score (nSPS) is 10.9. The summed E-state index contributed by atoms with van der Waals surface area (Å²) in [6.45, 7) is 0.822. The van der Waals surface area contributed by atoms with Gasteiger partial charge in [-0.25, -0.2) is 0 Å². The second-order valence-electron chi connectivity index (χ2n) is 7.77. The van der Waals surface area contributed by atoms with E-state index in [1.807, 2.05) is 53.3 Å².